The number of carbonyl (C=O) groups is 1. The van der Waals surface area contributed by atoms with Gasteiger partial charge >= 0.3 is 5.97 Å². The summed E-state index contributed by atoms with van der Waals surface area (Å²) in [4.78, 5) is 10.8. The van der Waals surface area contributed by atoms with E-state index in [-0.39, 0.29) is 30.2 Å². The lowest BCUT2D eigenvalue weighted by atomic mass is 10.1. The molecule has 2 rings (SSSR count). The van der Waals surface area contributed by atoms with Gasteiger partial charge in [-0.25, -0.2) is 9.11 Å². The van der Waals surface area contributed by atoms with Crippen molar-refractivity contribution in [3.05, 3.63) is 35.8 Å². The zero-order chi connectivity index (χ0) is 18.6. The van der Waals surface area contributed by atoms with Gasteiger partial charge in [0, 0.05) is 30.3 Å². The van der Waals surface area contributed by atoms with E-state index in [0.29, 0.717) is 5.56 Å². The Kier molecular flexibility index (Phi) is 6.71. The first-order valence-corrected chi connectivity index (χ1v) is 9.05. The monoisotopic (exact) mass is 434 g/mol. The Morgan fingerprint density at radius 3 is 2.68 bits per heavy atom. The average molecular weight is 435 g/mol. The quantitative estimate of drug-likeness (QED) is 0.393. The van der Waals surface area contributed by atoms with E-state index in [4.69, 9.17) is 9.15 Å². The first-order valence-electron chi connectivity index (χ1n) is 7.06. The van der Waals surface area contributed by atoms with E-state index >= 15 is 0 Å². The Balaban J connectivity index is 2.36. The topological polar surface area (TPSA) is 112 Å². The van der Waals surface area contributed by atoms with Gasteiger partial charge in [0.2, 0.25) is 11.5 Å². The first-order chi connectivity index (χ1) is 11.8. The Bertz CT molecular complexity index is 779. The van der Waals surface area contributed by atoms with Gasteiger partial charge in [-0.1, -0.05) is 15.9 Å². The smallest absolute Gasteiger partial charge is 0.308 e. The second-order valence-corrected chi connectivity index (χ2v) is 6.82. The Hall–Kier alpha value is -1.75. The van der Waals surface area contributed by atoms with Gasteiger partial charge in [0.15, 0.2) is 11.5 Å². The van der Waals surface area contributed by atoms with Crippen molar-refractivity contribution in [1.29, 1.82) is 0 Å². The zero-order valence-electron chi connectivity index (χ0n) is 13.0. The molecule has 1 aromatic heterocycles. The first kappa shape index (κ1) is 19.6. The van der Waals surface area contributed by atoms with Crippen molar-refractivity contribution in [1.82, 2.24) is 4.72 Å². The lowest BCUT2D eigenvalue weighted by Crippen LogP contribution is -2.18. The van der Waals surface area contributed by atoms with Gasteiger partial charge in [0.05, 0.1) is 4.83 Å². The summed E-state index contributed by atoms with van der Waals surface area (Å²) in [7, 11) is 0. The molecule has 2 aromatic rings. The fraction of sp³-hybridized carbons (Fsp3) is 0.267. The second kappa shape index (κ2) is 8.56. The minimum absolute atomic E-state index is 0.0102. The van der Waals surface area contributed by atoms with E-state index in [2.05, 4.69) is 20.7 Å². The molecule has 0 aliphatic heterocycles. The molecule has 7 nitrogen and oxygen atoms in total. The molecule has 0 bridgehead atoms. The predicted molar refractivity (Wildman–Crippen MR) is 90.3 cm³/mol. The molecule has 1 aromatic carbocycles. The van der Waals surface area contributed by atoms with E-state index in [1.54, 1.807) is 0 Å². The predicted octanol–water partition coefficient (Wildman–Crippen LogP) is 2.93. The van der Waals surface area contributed by atoms with Gasteiger partial charge in [-0.2, -0.15) is 0 Å². The summed E-state index contributed by atoms with van der Waals surface area (Å²) in [6.07, 6.45) is 0.262. The van der Waals surface area contributed by atoms with Crippen LogP contribution in [0.1, 0.15) is 23.9 Å². The summed E-state index contributed by atoms with van der Waals surface area (Å²) < 4.78 is 46.9. The van der Waals surface area contributed by atoms with Crippen LogP contribution in [-0.4, -0.2) is 26.4 Å². The van der Waals surface area contributed by atoms with Crippen molar-refractivity contribution < 1.29 is 32.2 Å². The number of carbonyl (C=O) groups excluding carboxylic acids is 1. The SMILES string of the molecule is CC(=O)Oc1c(C(Br)CCNS(=O)[O-])oc(-c2ccc(F)cc2)c1O. The van der Waals surface area contributed by atoms with Crippen LogP contribution in [0.25, 0.3) is 11.3 Å². The van der Waals surface area contributed by atoms with E-state index in [1.165, 1.54) is 31.2 Å². The van der Waals surface area contributed by atoms with Gasteiger partial charge in [-0.05, 0) is 30.7 Å². The number of hydrogen-bond acceptors (Lipinski definition) is 6. The van der Waals surface area contributed by atoms with Crippen LogP contribution in [0.15, 0.2) is 28.7 Å². The van der Waals surface area contributed by atoms with Gasteiger partial charge in [0.25, 0.3) is 0 Å². The number of esters is 1. The molecule has 0 aliphatic rings. The minimum atomic E-state index is -2.41. The van der Waals surface area contributed by atoms with E-state index in [0.717, 1.165) is 0 Å². The van der Waals surface area contributed by atoms with Crippen molar-refractivity contribution in [2.24, 2.45) is 0 Å². The number of ether oxygens (including phenoxy) is 1. The van der Waals surface area contributed by atoms with E-state index in [9.17, 15) is 23.1 Å². The lowest BCUT2D eigenvalue weighted by Gasteiger charge is -2.11. The molecule has 0 radical (unpaired) electrons. The normalized spacial score (nSPS) is 13.4. The third-order valence-corrected chi connectivity index (χ3v) is 4.43. The fourth-order valence-electron chi connectivity index (χ4n) is 2.07. The van der Waals surface area contributed by atoms with Crippen LogP contribution in [0.4, 0.5) is 4.39 Å². The van der Waals surface area contributed by atoms with Crippen molar-refractivity contribution >= 4 is 33.2 Å². The van der Waals surface area contributed by atoms with Gasteiger partial charge in [-0.15, -0.1) is 0 Å². The maximum Gasteiger partial charge on any atom is 0.308 e. The number of alkyl halides is 1. The molecule has 2 atom stereocenters. The molecule has 2 unspecified atom stereocenters. The largest absolute Gasteiger partial charge is 0.760 e. The highest BCUT2D eigenvalue weighted by Crippen LogP contribution is 2.48. The number of benzene rings is 1. The number of nitrogens with one attached hydrogen (secondary N) is 1. The standard InChI is InChI=1S/C15H15BrFNO6S/c1-8(19)23-15-12(20)13(9-2-4-10(17)5-3-9)24-14(15)11(16)6-7-18-25(21)22/h2-5,11,18,20H,6-7H2,1H3,(H,21,22)/p-1. The van der Waals surface area contributed by atoms with Gasteiger partial charge < -0.3 is 18.8 Å². The molecule has 0 spiro atoms. The summed E-state index contributed by atoms with van der Waals surface area (Å²) in [6.45, 7) is 1.26. The molecular weight excluding hydrogens is 421 g/mol. The summed E-state index contributed by atoms with van der Waals surface area (Å²) in [5.74, 6) is -1.56. The average Bonchev–Trinajstić information content (AvgIpc) is 2.84. The molecule has 0 amide bonds. The number of furan rings is 1. The molecule has 0 fully saturated rings. The van der Waals surface area contributed by atoms with Crippen LogP contribution in [-0.2, 0) is 16.1 Å². The second-order valence-electron chi connectivity index (χ2n) is 4.96. The molecule has 136 valence electrons. The minimum Gasteiger partial charge on any atom is -0.760 e. The van der Waals surface area contributed by atoms with Gasteiger partial charge in [-0.3, -0.25) is 9.00 Å². The molecule has 1 heterocycles. The highest BCUT2D eigenvalue weighted by atomic mass is 79.9. The van der Waals surface area contributed by atoms with Crippen molar-refractivity contribution in [3.8, 4) is 22.8 Å². The van der Waals surface area contributed by atoms with Crippen LogP contribution >= 0.6 is 15.9 Å². The van der Waals surface area contributed by atoms with Crippen molar-refractivity contribution in [2.45, 2.75) is 18.2 Å². The number of hydrogen-bond donors (Lipinski definition) is 2. The molecule has 2 N–H and O–H groups in total. The Labute approximate surface area is 153 Å². The third kappa shape index (κ3) is 5.11. The number of rotatable bonds is 7. The zero-order valence-corrected chi connectivity index (χ0v) is 15.4. The van der Waals surface area contributed by atoms with Crippen LogP contribution < -0.4 is 9.46 Å². The summed E-state index contributed by atoms with van der Waals surface area (Å²) in [5.41, 5.74) is 0.386. The highest BCUT2D eigenvalue weighted by Gasteiger charge is 2.28. The van der Waals surface area contributed by atoms with Crippen molar-refractivity contribution in [3.63, 3.8) is 0 Å². The number of aromatic hydroxyl groups is 1. The maximum atomic E-state index is 13.1. The molecule has 10 heteroatoms. The molecular formula is C15H14BrFNO6S-. The van der Waals surface area contributed by atoms with E-state index in [1.807, 2.05) is 0 Å². The lowest BCUT2D eigenvalue weighted by molar-refractivity contribution is -0.132. The van der Waals surface area contributed by atoms with Crippen LogP contribution in [0.3, 0.4) is 0 Å². The summed E-state index contributed by atoms with van der Waals surface area (Å²) in [6, 6.07) is 5.20. The molecule has 25 heavy (non-hydrogen) atoms. The van der Waals surface area contributed by atoms with Gasteiger partial charge in [0.1, 0.15) is 5.82 Å². The fourth-order valence-corrected chi connectivity index (χ4v) is 2.88. The van der Waals surface area contributed by atoms with E-state index < -0.39 is 33.6 Å². The highest BCUT2D eigenvalue weighted by molar-refractivity contribution is 9.09. The molecule has 0 saturated carbocycles. The summed E-state index contributed by atoms with van der Waals surface area (Å²) >= 11 is 0.906. The van der Waals surface area contributed by atoms with Crippen molar-refractivity contribution in [2.75, 3.05) is 6.54 Å². The molecule has 0 saturated heterocycles. The van der Waals surface area contributed by atoms with Crippen LogP contribution in [0, 0.1) is 5.82 Å². The number of halogens is 2. The summed E-state index contributed by atoms with van der Waals surface area (Å²) in [5, 5.41) is 10.3. The van der Waals surface area contributed by atoms with Crippen LogP contribution in [0.5, 0.6) is 11.5 Å². The Morgan fingerprint density at radius 2 is 2.12 bits per heavy atom. The maximum absolute atomic E-state index is 13.1. The van der Waals surface area contributed by atoms with Crippen LogP contribution in [0.2, 0.25) is 0 Å². The third-order valence-electron chi connectivity index (χ3n) is 3.12. The Morgan fingerprint density at radius 1 is 1.48 bits per heavy atom. The molecule has 0 aliphatic carbocycles.